The number of piperidine rings is 1. The second kappa shape index (κ2) is 7.16. The Morgan fingerprint density at radius 1 is 1.33 bits per heavy atom. The molecule has 0 atom stereocenters. The van der Waals surface area contributed by atoms with Crippen LogP contribution >= 0.6 is 0 Å². The number of hydrogen-bond donors (Lipinski definition) is 2. The van der Waals surface area contributed by atoms with E-state index in [1.807, 2.05) is 30.3 Å². The van der Waals surface area contributed by atoms with E-state index in [9.17, 15) is 4.79 Å². The van der Waals surface area contributed by atoms with E-state index in [-0.39, 0.29) is 5.92 Å². The Bertz CT molecular complexity index is 714. The number of benzene rings is 1. The third kappa shape index (κ3) is 3.73. The molecule has 126 valence electrons. The number of hydrogen-bond acceptors (Lipinski definition) is 6. The first kappa shape index (κ1) is 16.0. The fourth-order valence-electron chi connectivity index (χ4n) is 2.77. The molecule has 0 spiro atoms. The van der Waals surface area contributed by atoms with Gasteiger partial charge in [0.05, 0.1) is 13.0 Å². The van der Waals surface area contributed by atoms with E-state index in [2.05, 4.69) is 20.2 Å². The molecule has 3 rings (SSSR count). The van der Waals surface area contributed by atoms with Crippen molar-refractivity contribution in [3.8, 4) is 5.75 Å². The van der Waals surface area contributed by atoms with E-state index in [1.54, 1.807) is 13.3 Å². The molecular formula is C17H20N4O3. The van der Waals surface area contributed by atoms with Gasteiger partial charge in [0.1, 0.15) is 11.6 Å². The number of aliphatic carboxylic acids is 1. The monoisotopic (exact) mass is 328 g/mol. The average molecular weight is 328 g/mol. The van der Waals surface area contributed by atoms with Gasteiger partial charge in [-0.2, -0.15) is 4.98 Å². The zero-order valence-electron chi connectivity index (χ0n) is 13.5. The van der Waals surface area contributed by atoms with Crippen LogP contribution in [0.3, 0.4) is 0 Å². The lowest BCUT2D eigenvalue weighted by Crippen LogP contribution is -2.36. The van der Waals surface area contributed by atoms with Crippen LogP contribution in [0.5, 0.6) is 5.75 Å². The minimum Gasteiger partial charge on any atom is -0.497 e. The second-order valence-electron chi connectivity index (χ2n) is 5.69. The van der Waals surface area contributed by atoms with Gasteiger partial charge in [0, 0.05) is 31.0 Å². The molecule has 0 unspecified atom stereocenters. The van der Waals surface area contributed by atoms with Gasteiger partial charge < -0.3 is 20.1 Å². The van der Waals surface area contributed by atoms with Crippen LogP contribution in [-0.2, 0) is 4.79 Å². The van der Waals surface area contributed by atoms with Gasteiger partial charge in [0.2, 0.25) is 5.95 Å². The van der Waals surface area contributed by atoms with Crippen molar-refractivity contribution in [3.63, 3.8) is 0 Å². The Hall–Kier alpha value is -2.83. The lowest BCUT2D eigenvalue weighted by Gasteiger charge is -2.31. The molecule has 1 aromatic carbocycles. The van der Waals surface area contributed by atoms with E-state index in [0.29, 0.717) is 31.9 Å². The first-order valence-corrected chi connectivity index (χ1v) is 7.87. The second-order valence-corrected chi connectivity index (χ2v) is 5.69. The molecule has 1 aromatic heterocycles. The highest BCUT2D eigenvalue weighted by molar-refractivity contribution is 5.70. The predicted octanol–water partition coefficient (Wildman–Crippen LogP) is 2.53. The highest BCUT2D eigenvalue weighted by Crippen LogP contribution is 2.24. The summed E-state index contributed by atoms with van der Waals surface area (Å²) >= 11 is 0. The molecule has 0 radical (unpaired) electrons. The standard InChI is InChI=1S/C17H20N4O3/c1-24-14-4-2-3-13(11-14)19-17-18-8-5-15(20-17)21-9-6-12(7-10-21)16(22)23/h2-5,8,11-12H,6-7,9-10H2,1H3,(H,22,23)(H,18,19,20). The van der Waals surface area contributed by atoms with Crippen molar-refractivity contribution in [2.24, 2.45) is 5.92 Å². The number of rotatable bonds is 5. The molecule has 2 aromatic rings. The number of ether oxygens (including phenoxy) is 1. The SMILES string of the molecule is COc1cccc(Nc2nccc(N3CCC(C(=O)O)CC3)n2)c1. The summed E-state index contributed by atoms with van der Waals surface area (Å²) in [5.41, 5.74) is 0.844. The van der Waals surface area contributed by atoms with Gasteiger partial charge in [-0.15, -0.1) is 0 Å². The van der Waals surface area contributed by atoms with Gasteiger partial charge in [0.15, 0.2) is 0 Å². The van der Waals surface area contributed by atoms with Crippen molar-refractivity contribution in [2.75, 3.05) is 30.4 Å². The van der Waals surface area contributed by atoms with Crippen molar-refractivity contribution in [3.05, 3.63) is 36.5 Å². The molecule has 1 aliphatic heterocycles. The van der Waals surface area contributed by atoms with E-state index in [0.717, 1.165) is 17.3 Å². The molecule has 7 nitrogen and oxygen atoms in total. The molecule has 24 heavy (non-hydrogen) atoms. The van der Waals surface area contributed by atoms with Gasteiger partial charge in [-0.05, 0) is 31.0 Å². The Balaban J connectivity index is 1.69. The molecule has 1 fully saturated rings. The van der Waals surface area contributed by atoms with Crippen molar-refractivity contribution < 1.29 is 14.6 Å². The summed E-state index contributed by atoms with van der Waals surface area (Å²) in [6.07, 6.45) is 2.98. The van der Waals surface area contributed by atoms with Gasteiger partial charge in [-0.3, -0.25) is 4.79 Å². The number of carboxylic acids is 1. The van der Waals surface area contributed by atoms with Crippen LogP contribution in [0, 0.1) is 5.92 Å². The normalized spacial score (nSPS) is 15.1. The third-order valence-electron chi connectivity index (χ3n) is 4.13. The summed E-state index contributed by atoms with van der Waals surface area (Å²) < 4.78 is 5.20. The van der Waals surface area contributed by atoms with Crippen LogP contribution in [0.2, 0.25) is 0 Å². The highest BCUT2D eigenvalue weighted by atomic mass is 16.5. The minimum absolute atomic E-state index is 0.252. The van der Waals surface area contributed by atoms with Crippen molar-refractivity contribution in [1.82, 2.24) is 9.97 Å². The van der Waals surface area contributed by atoms with Crippen molar-refractivity contribution >= 4 is 23.4 Å². The first-order valence-electron chi connectivity index (χ1n) is 7.87. The van der Waals surface area contributed by atoms with Crippen LogP contribution in [0.15, 0.2) is 36.5 Å². The fourth-order valence-corrected chi connectivity index (χ4v) is 2.77. The van der Waals surface area contributed by atoms with Crippen LogP contribution in [0.1, 0.15) is 12.8 Å². The summed E-state index contributed by atoms with van der Waals surface area (Å²) in [5, 5.41) is 12.2. The summed E-state index contributed by atoms with van der Waals surface area (Å²) in [6.45, 7) is 1.37. The Morgan fingerprint density at radius 3 is 2.83 bits per heavy atom. The zero-order valence-corrected chi connectivity index (χ0v) is 13.5. The lowest BCUT2D eigenvalue weighted by molar-refractivity contribution is -0.142. The van der Waals surface area contributed by atoms with Crippen LogP contribution in [0.25, 0.3) is 0 Å². The minimum atomic E-state index is -0.710. The summed E-state index contributed by atoms with van der Waals surface area (Å²) in [7, 11) is 1.62. The average Bonchev–Trinajstić information content (AvgIpc) is 2.62. The summed E-state index contributed by atoms with van der Waals surface area (Å²) in [4.78, 5) is 21.9. The fraction of sp³-hybridized carbons (Fsp3) is 0.353. The largest absolute Gasteiger partial charge is 0.497 e. The molecule has 0 aliphatic carbocycles. The summed E-state index contributed by atoms with van der Waals surface area (Å²) in [6, 6.07) is 9.39. The molecule has 0 amide bonds. The van der Waals surface area contributed by atoms with E-state index in [4.69, 9.17) is 9.84 Å². The number of anilines is 3. The first-order chi connectivity index (χ1) is 11.7. The number of nitrogens with zero attached hydrogens (tertiary/aromatic N) is 3. The van der Waals surface area contributed by atoms with Crippen LogP contribution in [0.4, 0.5) is 17.5 Å². The Labute approximate surface area is 140 Å². The number of carboxylic acid groups (broad SMARTS) is 1. The third-order valence-corrected chi connectivity index (χ3v) is 4.13. The molecule has 0 bridgehead atoms. The van der Waals surface area contributed by atoms with Gasteiger partial charge in [0.25, 0.3) is 0 Å². The maximum absolute atomic E-state index is 11.0. The van der Waals surface area contributed by atoms with E-state index < -0.39 is 5.97 Å². The molecule has 2 heterocycles. The molecule has 2 N–H and O–H groups in total. The Kier molecular flexibility index (Phi) is 4.79. The van der Waals surface area contributed by atoms with E-state index in [1.165, 1.54) is 0 Å². The van der Waals surface area contributed by atoms with Gasteiger partial charge >= 0.3 is 5.97 Å². The number of nitrogens with one attached hydrogen (secondary N) is 1. The van der Waals surface area contributed by atoms with Gasteiger partial charge in [-0.25, -0.2) is 4.98 Å². The molecule has 1 aliphatic rings. The quantitative estimate of drug-likeness (QED) is 0.872. The van der Waals surface area contributed by atoms with Crippen molar-refractivity contribution in [2.45, 2.75) is 12.8 Å². The number of carbonyl (C=O) groups is 1. The molecule has 0 saturated carbocycles. The van der Waals surface area contributed by atoms with Crippen LogP contribution in [-0.4, -0.2) is 41.2 Å². The molecular weight excluding hydrogens is 308 g/mol. The maximum atomic E-state index is 11.0. The maximum Gasteiger partial charge on any atom is 0.306 e. The topological polar surface area (TPSA) is 87.6 Å². The summed E-state index contributed by atoms with van der Waals surface area (Å²) in [5.74, 6) is 1.10. The molecule has 1 saturated heterocycles. The van der Waals surface area contributed by atoms with Crippen LogP contribution < -0.4 is 15.0 Å². The Morgan fingerprint density at radius 2 is 2.12 bits per heavy atom. The van der Waals surface area contributed by atoms with Crippen molar-refractivity contribution in [1.29, 1.82) is 0 Å². The molecule has 7 heteroatoms. The number of aromatic nitrogens is 2. The lowest BCUT2D eigenvalue weighted by atomic mass is 9.97. The highest BCUT2D eigenvalue weighted by Gasteiger charge is 2.25. The zero-order chi connectivity index (χ0) is 16.9. The van der Waals surface area contributed by atoms with Gasteiger partial charge in [-0.1, -0.05) is 6.07 Å². The number of methoxy groups -OCH3 is 1. The van der Waals surface area contributed by atoms with E-state index >= 15 is 0 Å². The smallest absolute Gasteiger partial charge is 0.306 e. The predicted molar refractivity (Wildman–Crippen MR) is 90.9 cm³/mol.